The Morgan fingerprint density at radius 1 is 1.64 bits per heavy atom. The lowest BCUT2D eigenvalue weighted by molar-refractivity contribution is -0.119. The summed E-state index contributed by atoms with van der Waals surface area (Å²) >= 11 is 0. The average molecular weight is 198 g/mol. The van der Waals surface area contributed by atoms with E-state index in [-0.39, 0.29) is 24.4 Å². The predicted molar refractivity (Wildman–Crippen MR) is 53.9 cm³/mol. The lowest BCUT2D eigenvalue weighted by Gasteiger charge is -2.30. The SMILES string of the molecule is CO[C@H]1C=C(CO)C(=O)C[C@@H]1C(C)C. The molecule has 0 unspecified atom stereocenters. The first-order valence-electron chi connectivity index (χ1n) is 4.97. The second kappa shape index (κ2) is 4.71. The maximum Gasteiger partial charge on any atom is 0.161 e. The summed E-state index contributed by atoms with van der Waals surface area (Å²) in [5.41, 5.74) is 0.494. The molecule has 0 aliphatic heterocycles. The Morgan fingerprint density at radius 3 is 2.71 bits per heavy atom. The zero-order valence-electron chi connectivity index (χ0n) is 8.99. The van der Waals surface area contributed by atoms with E-state index in [1.807, 2.05) is 0 Å². The summed E-state index contributed by atoms with van der Waals surface area (Å²) in [6.07, 6.45) is 2.22. The predicted octanol–water partition coefficient (Wildman–Crippen LogP) is 1.17. The monoisotopic (exact) mass is 198 g/mol. The van der Waals surface area contributed by atoms with E-state index in [2.05, 4.69) is 13.8 Å². The quantitative estimate of drug-likeness (QED) is 0.740. The van der Waals surface area contributed by atoms with Crippen LogP contribution in [0.3, 0.4) is 0 Å². The molecule has 0 fully saturated rings. The minimum Gasteiger partial charge on any atom is -0.392 e. The molecule has 3 heteroatoms. The van der Waals surface area contributed by atoms with Crippen LogP contribution in [0.1, 0.15) is 20.3 Å². The topological polar surface area (TPSA) is 46.5 Å². The normalized spacial score (nSPS) is 28.1. The summed E-state index contributed by atoms with van der Waals surface area (Å²) in [4.78, 5) is 11.5. The van der Waals surface area contributed by atoms with Gasteiger partial charge in [-0.25, -0.2) is 0 Å². The van der Waals surface area contributed by atoms with Gasteiger partial charge in [-0.3, -0.25) is 4.79 Å². The molecule has 1 aliphatic carbocycles. The molecule has 3 nitrogen and oxygen atoms in total. The molecule has 1 rings (SSSR count). The van der Waals surface area contributed by atoms with Crippen molar-refractivity contribution in [2.75, 3.05) is 13.7 Å². The number of ether oxygens (including phenoxy) is 1. The Morgan fingerprint density at radius 2 is 2.29 bits per heavy atom. The van der Waals surface area contributed by atoms with E-state index in [0.29, 0.717) is 17.9 Å². The van der Waals surface area contributed by atoms with Gasteiger partial charge in [-0.05, 0) is 17.9 Å². The van der Waals surface area contributed by atoms with Gasteiger partial charge in [0.1, 0.15) is 0 Å². The third kappa shape index (κ3) is 2.22. The Bertz CT molecular complexity index is 243. The Balaban J connectivity index is 2.86. The van der Waals surface area contributed by atoms with Crippen molar-refractivity contribution in [3.8, 4) is 0 Å². The Labute approximate surface area is 84.8 Å². The number of carbonyl (C=O) groups excluding carboxylic acids is 1. The van der Waals surface area contributed by atoms with E-state index in [4.69, 9.17) is 9.84 Å². The van der Waals surface area contributed by atoms with Crippen molar-refractivity contribution in [2.24, 2.45) is 11.8 Å². The largest absolute Gasteiger partial charge is 0.392 e. The standard InChI is InChI=1S/C11H18O3/c1-7(2)9-5-10(13)8(6-12)4-11(9)14-3/h4,7,9,11-12H,5-6H2,1-3H3/t9-,11+/m1/s1. The van der Waals surface area contributed by atoms with E-state index in [1.165, 1.54) is 0 Å². The number of rotatable bonds is 3. The summed E-state index contributed by atoms with van der Waals surface area (Å²) < 4.78 is 5.31. The maximum absolute atomic E-state index is 11.5. The molecule has 0 aromatic rings. The molecular weight excluding hydrogens is 180 g/mol. The first-order chi connectivity index (χ1) is 6.60. The molecule has 0 saturated carbocycles. The Kier molecular flexibility index (Phi) is 3.84. The van der Waals surface area contributed by atoms with Crippen LogP contribution in [-0.4, -0.2) is 30.7 Å². The molecule has 0 aromatic carbocycles. The highest BCUT2D eigenvalue weighted by Gasteiger charge is 2.31. The van der Waals surface area contributed by atoms with Crippen LogP contribution in [0.5, 0.6) is 0 Å². The Hall–Kier alpha value is -0.670. The van der Waals surface area contributed by atoms with Crippen molar-refractivity contribution >= 4 is 5.78 Å². The van der Waals surface area contributed by atoms with Crippen LogP contribution in [-0.2, 0) is 9.53 Å². The number of Topliss-reactive ketones (excluding diaryl/α,β-unsaturated/α-hetero) is 1. The third-order valence-electron chi connectivity index (χ3n) is 2.87. The number of carbonyl (C=O) groups is 1. The minimum atomic E-state index is -0.177. The van der Waals surface area contributed by atoms with Crippen LogP contribution in [0, 0.1) is 11.8 Å². The summed E-state index contributed by atoms with van der Waals surface area (Å²) in [6, 6.07) is 0. The molecule has 0 saturated heterocycles. The van der Waals surface area contributed by atoms with Gasteiger partial charge in [-0.15, -0.1) is 0 Å². The van der Waals surface area contributed by atoms with Crippen LogP contribution in [0.4, 0.5) is 0 Å². The zero-order chi connectivity index (χ0) is 10.7. The molecule has 1 N–H and O–H groups in total. The van der Waals surface area contributed by atoms with Crippen LogP contribution in [0.15, 0.2) is 11.6 Å². The second-order valence-corrected chi connectivity index (χ2v) is 4.09. The molecule has 0 bridgehead atoms. The van der Waals surface area contributed by atoms with Crippen molar-refractivity contribution in [1.29, 1.82) is 0 Å². The van der Waals surface area contributed by atoms with Crippen LogP contribution >= 0.6 is 0 Å². The van der Waals surface area contributed by atoms with Gasteiger partial charge in [-0.2, -0.15) is 0 Å². The molecule has 0 radical (unpaired) electrons. The molecule has 2 atom stereocenters. The smallest absolute Gasteiger partial charge is 0.161 e. The van der Waals surface area contributed by atoms with Crippen molar-refractivity contribution in [2.45, 2.75) is 26.4 Å². The lowest BCUT2D eigenvalue weighted by atomic mass is 9.79. The first-order valence-corrected chi connectivity index (χ1v) is 4.97. The fourth-order valence-corrected chi connectivity index (χ4v) is 1.87. The number of hydrogen-bond acceptors (Lipinski definition) is 3. The maximum atomic E-state index is 11.5. The van der Waals surface area contributed by atoms with E-state index < -0.39 is 0 Å². The van der Waals surface area contributed by atoms with E-state index in [0.717, 1.165) is 0 Å². The highest BCUT2D eigenvalue weighted by Crippen LogP contribution is 2.28. The molecule has 0 aromatic heterocycles. The van der Waals surface area contributed by atoms with Crippen LogP contribution in [0.2, 0.25) is 0 Å². The number of ketones is 1. The van der Waals surface area contributed by atoms with Crippen LogP contribution in [0.25, 0.3) is 0 Å². The van der Waals surface area contributed by atoms with E-state index in [9.17, 15) is 4.79 Å². The fraction of sp³-hybridized carbons (Fsp3) is 0.727. The summed E-state index contributed by atoms with van der Waals surface area (Å²) in [5, 5.41) is 8.95. The fourth-order valence-electron chi connectivity index (χ4n) is 1.87. The van der Waals surface area contributed by atoms with Crippen molar-refractivity contribution in [1.82, 2.24) is 0 Å². The zero-order valence-corrected chi connectivity index (χ0v) is 8.99. The first kappa shape index (κ1) is 11.4. The lowest BCUT2D eigenvalue weighted by Crippen LogP contribution is -2.33. The van der Waals surface area contributed by atoms with Gasteiger partial charge in [0.15, 0.2) is 5.78 Å². The minimum absolute atomic E-state index is 0.0325. The van der Waals surface area contributed by atoms with Gasteiger partial charge < -0.3 is 9.84 Å². The van der Waals surface area contributed by atoms with Crippen molar-refractivity contribution < 1.29 is 14.6 Å². The van der Waals surface area contributed by atoms with Gasteiger partial charge in [-0.1, -0.05) is 13.8 Å². The number of aliphatic hydroxyl groups is 1. The van der Waals surface area contributed by atoms with Crippen LogP contribution < -0.4 is 0 Å². The molecule has 80 valence electrons. The van der Waals surface area contributed by atoms with Gasteiger partial charge in [0, 0.05) is 19.1 Å². The van der Waals surface area contributed by atoms with Crippen molar-refractivity contribution in [3.05, 3.63) is 11.6 Å². The molecule has 1 aliphatic rings. The van der Waals surface area contributed by atoms with Gasteiger partial charge in [0.25, 0.3) is 0 Å². The van der Waals surface area contributed by atoms with Gasteiger partial charge >= 0.3 is 0 Å². The summed E-state index contributed by atoms with van der Waals surface area (Å²) in [5.74, 6) is 0.711. The molecule has 0 amide bonds. The summed E-state index contributed by atoms with van der Waals surface area (Å²) in [7, 11) is 1.64. The van der Waals surface area contributed by atoms with Gasteiger partial charge in [0.2, 0.25) is 0 Å². The summed E-state index contributed by atoms with van der Waals surface area (Å²) in [6.45, 7) is 3.99. The average Bonchev–Trinajstić information content (AvgIpc) is 2.17. The van der Waals surface area contributed by atoms with E-state index >= 15 is 0 Å². The van der Waals surface area contributed by atoms with Crippen molar-refractivity contribution in [3.63, 3.8) is 0 Å². The highest BCUT2D eigenvalue weighted by atomic mass is 16.5. The number of aliphatic hydroxyl groups excluding tert-OH is 1. The second-order valence-electron chi connectivity index (χ2n) is 4.09. The molecule has 14 heavy (non-hydrogen) atoms. The highest BCUT2D eigenvalue weighted by molar-refractivity contribution is 5.96. The molecular formula is C11H18O3. The third-order valence-corrected chi connectivity index (χ3v) is 2.87. The molecule has 0 spiro atoms. The molecule has 0 heterocycles. The van der Waals surface area contributed by atoms with Gasteiger partial charge in [0.05, 0.1) is 12.7 Å². The number of hydrogen-bond donors (Lipinski definition) is 1. The van der Waals surface area contributed by atoms with E-state index in [1.54, 1.807) is 13.2 Å². The number of methoxy groups -OCH3 is 1.